The number of hydrogen-bond donors (Lipinski definition) is 3. The van der Waals surface area contributed by atoms with Crippen molar-refractivity contribution in [3.05, 3.63) is 51.1 Å². The Morgan fingerprint density at radius 2 is 1.90 bits per heavy atom. The maximum Gasteiger partial charge on any atom is 0.171 e. The third kappa shape index (κ3) is 3.47. The van der Waals surface area contributed by atoms with Crippen LogP contribution >= 0.6 is 22.6 Å². The smallest absolute Gasteiger partial charge is 0.171 e. The highest BCUT2D eigenvalue weighted by Gasteiger charge is 2.13. The second-order valence-corrected chi connectivity index (χ2v) is 5.87. The number of rotatable bonds is 4. The Bertz CT molecular complexity index is 667. The second-order valence-electron chi connectivity index (χ2n) is 4.79. The average molecular weight is 396 g/mol. The molecule has 2 aromatic carbocycles. The lowest BCUT2D eigenvalue weighted by Gasteiger charge is -2.13. The molecule has 0 aromatic heterocycles. The third-order valence-electron chi connectivity index (χ3n) is 3.23. The summed E-state index contributed by atoms with van der Waals surface area (Å²) in [7, 11) is 0. The molecular formula is C16H17IN2O2. The number of halogens is 1. The molecule has 2 aromatic rings. The Labute approximate surface area is 137 Å². The minimum absolute atomic E-state index is 0.109. The number of hydrogen-bond acceptors (Lipinski definition) is 3. The molecule has 5 heteroatoms. The van der Waals surface area contributed by atoms with Crippen molar-refractivity contribution in [1.29, 1.82) is 0 Å². The van der Waals surface area contributed by atoms with Gasteiger partial charge in [0.2, 0.25) is 0 Å². The van der Waals surface area contributed by atoms with Crippen molar-refractivity contribution in [2.75, 3.05) is 0 Å². The quantitative estimate of drug-likeness (QED) is 0.242. The Morgan fingerprint density at radius 3 is 2.48 bits per heavy atom. The molecule has 0 bridgehead atoms. The summed E-state index contributed by atoms with van der Waals surface area (Å²) < 4.78 is 0.924. The predicted octanol–water partition coefficient (Wildman–Crippen LogP) is 3.71. The second kappa shape index (κ2) is 6.80. The van der Waals surface area contributed by atoms with Gasteiger partial charge in [0.25, 0.3) is 0 Å². The number of amidine groups is 1. The fourth-order valence-corrected chi connectivity index (χ4v) is 3.11. The summed E-state index contributed by atoms with van der Waals surface area (Å²) in [5, 5.41) is 21.5. The molecule has 0 aliphatic rings. The van der Waals surface area contributed by atoms with Crippen molar-refractivity contribution in [1.82, 2.24) is 0 Å². The van der Waals surface area contributed by atoms with E-state index in [4.69, 9.17) is 10.9 Å². The van der Waals surface area contributed by atoms with Crippen LogP contribution in [-0.4, -0.2) is 16.1 Å². The van der Waals surface area contributed by atoms with E-state index >= 15 is 0 Å². The Morgan fingerprint density at radius 1 is 1.24 bits per heavy atom. The monoisotopic (exact) mass is 396 g/mol. The van der Waals surface area contributed by atoms with E-state index < -0.39 is 0 Å². The van der Waals surface area contributed by atoms with Gasteiger partial charge in [0.05, 0.1) is 0 Å². The molecular weight excluding hydrogens is 379 g/mol. The summed E-state index contributed by atoms with van der Waals surface area (Å²) in [5.74, 6) is 0.340. The van der Waals surface area contributed by atoms with Crippen LogP contribution in [0.5, 0.6) is 5.75 Å². The zero-order chi connectivity index (χ0) is 15.4. The maximum absolute atomic E-state index is 9.42. The van der Waals surface area contributed by atoms with Crippen LogP contribution in [0.2, 0.25) is 0 Å². The van der Waals surface area contributed by atoms with Crippen molar-refractivity contribution in [2.45, 2.75) is 19.8 Å². The molecule has 0 spiro atoms. The lowest BCUT2D eigenvalue weighted by Crippen LogP contribution is -2.15. The van der Waals surface area contributed by atoms with Crippen LogP contribution in [-0.2, 0) is 6.42 Å². The molecule has 0 aliphatic carbocycles. The Hall–Kier alpha value is -1.76. The summed E-state index contributed by atoms with van der Waals surface area (Å²) >= 11 is 2.20. The molecule has 2 rings (SSSR count). The number of nitrogens with zero attached hydrogens (tertiary/aromatic N) is 1. The van der Waals surface area contributed by atoms with Crippen molar-refractivity contribution < 1.29 is 10.3 Å². The molecule has 0 heterocycles. The topological polar surface area (TPSA) is 78.8 Å². The van der Waals surface area contributed by atoms with Gasteiger partial charge in [-0.05, 0) is 63.9 Å². The van der Waals surface area contributed by atoms with Crippen LogP contribution in [0.3, 0.4) is 0 Å². The third-order valence-corrected chi connectivity index (χ3v) is 4.40. The van der Waals surface area contributed by atoms with E-state index in [-0.39, 0.29) is 11.6 Å². The van der Waals surface area contributed by atoms with Crippen LogP contribution < -0.4 is 5.73 Å². The van der Waals surface area contributed by atoms with E-state index in [1.807, 2.05) is 18.2 Å². The number of oxime groups is 1. The lowest BCUT2D eigenvalue weighted by molar-refractivity contribution is 0.318. The fraction of sp³-hybridized carbons (Fsp3) is 0.188. The van der Waals surface area contributed by atoms with Crippen molar-refractivity contribution in [3.63, 3.8) is 0 Å². The molecule has 0 unspecified atom stereocenters. The van der Waals surface area contributed by atoms with Crippen molar-refractivity contribution in [2.24, 2.45) is 10.9 Å². The lowest BCUT2D eigenvalue weighted by atomic mass is 9.97. The van der Waals surface area contributed by atoms with Crippen LogP contribution in [0.15, 0.2) is 41.6 Å². The molecule has 4 N–H and O–H groups in total. The number of phenolic OH excluding ortho intramolecular Hbond substituents is 1. The van der Waals surface area contributed by atoms with Crippen LogP contribution in [0.25, 0.3) is 11.1 Å². The van der Waals surface area contributed by atoms with Gasteiger partial charge in [0.15, 0.2) is 5.84 Å². The molecule has 0 saturated heterocycles. The van der Waals surface area contributed by atoms with Crippen molar-refractivity contribution in [3.8, 4) is 16.9 Å². The van der Waals surface area contributed by atoms with Crippen LogP contribution in [0.4, 0.5) is 0 Å². The SMILES string of the molecule is CCCc1cc(/C(N)=N/O)c(I)c(-c2ccc(O)cc2)c1. The molecule has 21 heavy (non-hydrogen) atoms. The zero-order valence-electron chi connectivity index (χ0n) is 11.7. The van der Waals surface area contributed by atoms with E-state index in [0.29, 0.717) is 0 Å². The van der Waals surface area contributed by atoms with Gasteiger partial charge in [-0.25, -0.2) is 0 Å². The maximum atomic E-state index is 9.42. The van der Waals surface area contributed by atoms with Gasteiger partial charge in [-0.2, -0.15) is 0 Å². The highest BCUT2D eigenvalue weighted by molar-refractivity contribution is 14.1. The van der Waals surface area contributed by atoms with Gasteiger partial charge in [-0.15, -0.1) is 0 Å². The number of nitrogens with two attached hydrogens (primary N) is 1. The molecule has 0 fully saturated rings. The summed E-state index contributed by atoms with van der Waals surface area (Å²) in [5.41, 5.74) is 9.66. The Kier molecular flexibility index (Phi) is 5.06. The number of aryl methyl sites for hydroxylation is 1. The standard InChI is InChI=1S/C16H17IN2O2/c1-2-3-10-8-13(11-4-6-12(20)7-5-11)15(17)14(9-10)16(18)19-21/h4-9,20-21H,2-3H2,1H3,(H2,18,19). The summed E-state index contributed by atoms with van der Waals surface area (Å²) in [6, 6.07) is 11.1. The van der Waals surface area contributed by atoms with Gasteiger partial charge in [0, 0.05) is 9.13 Å². The zero-order valence-corrected chi connectivity index (χ0v) is 13.8. The molecule has 110 valence electrons. The fourth-order valence-electron chi connectivity index (χ4n) is 2.21. The van der Waals surface area contributed by atoms with Crippen LogP contribution in [0.1, 0.15) is 24.5 Å². The van der Waals surface area contributed by atoms with E-state index in [2.05, 4.69) is 40.7 Å². The number of benzene rings is 2. The minimum Gasteiger partial charge on any atom is -0.508 e. The first-order chi connectivity index (χ1) is 10.1. The summed E-state index contributed by atoms with van der Waals surface area (Å²) in [4.78, 5) is 0. The molecule has 0 saturated carbocycles. The summed E-state index contributed by atoms with van der Waals surface area (Å²) in [6.45, 7) is 2.11. The molecule has 4 nitrogen and oxygen atoms in total. The highest BCUT2D eigenvalue weighted by Crippen LogP contribution is 2.31. The van der Waals surface area contributed by atoms with Crippen molar-refractivity contribution >= 4 is 28.4 Å². The number of phenols is 1. The average Bonchev–Trinajstić information content (AvgIpc) is 2.49. The molecule has 0 amide bonds. The van der Waals surface area contributed by atoms with Gasteiger partial charge in [0.1, 0.15) is 5.75 Å². The molecule has 0 aliphatic heterocycles. The highest BCUT2D eigenvalue weighted by atomic mass is 127. The predicted molar refractivity (Wildman–Crippen MR) is 92.8 cm³/mol. The van der Waals surface area contributed by atoms with E-state index in [0.717, 1.165) is 38.7 Å². The molecule has 0 atom stereocenters. The van der Waals surface area contributed by atoms with Gasteiger partial charge >= 0.3 is 0 Å². The first kappa shape index (κ1) is 15.6. The van der Waals surface area contributed by atoms with Gasteiger partial charge in [-0.1, -0.05) is 36.7 Å². The van der Waals surface area contributed by atoms with Gasteiger partial charge < -0.3 is 16.0 Å². The van der Waals surface area contributed by atoms with Crippen LogP contribution in [0, 0.1) is 3.57 Å². The van der Waals surface area contributed by atoms with E-state index in [9.17, 15) is 5.11 Å². The van der Waals surface area contributed by atoms with E-state index in [1.165, 1.54) is 0 Å². The number of aromatic hydroxyl groups is 1. The summed E-state index contributed by atoms with van der Waals surface area (Å²) in [6.07, 6.45) is 1.94. The first-order valence-corrected chi connectivity index (χ1v) is 7.74. The minimum atomic E-state index is 0.109. The molecule has 0 radical (unpaired) electrons. The van der Waals surface area contributed by atoms with Gasteiger partial charge in [-0.3, -0.25) is 0 Å². The van der Waals surface area contributed by atoms with E-state index in [1.54, 1.807) is 12.1 Å². The first-order valence-electron chi connectivity index (χ1n) is 6.66. The largest absolute Gasteiger partial charge is 0.508 e. The normalized spacial score (nSPS) is 11.6. The Balaban J connectivity index is 2.63.